The Balaban J connectivity index is 1.52. The van der Waals surface area contributed by atoms with Crippen molar-refractivity contribution < 1.29 is 24.2 Å². The molecule has 1 fully saturated rings. The first-order valence-electron chi connectivity index (χ1n) is 11.4. The van der Waals surface area contributed by atoms with Gasteiger partial charge in [0.25, 0.3) is 5.91 Å². The Morgan fingerprint density at radius 1 is 1.03 bits per heavy atom. The molecule has 0 spiro atoms. The van der Waals surface area contributed by atoms with E-state index in [1.807, 2.05) is 56.3 Å². The fourth-order valence-electron chi connectivity index (χ4n) is 3.44. The van der Waals surface area contributed by atoms with Gasteiger partial charge in [-0.05, 0) is 79.2 Å². The monoisotopic (exact) mass is 502 g/mol. The third-order valence-corrected chi connectivity index (χ3v) is 6.48. The van der Waals surface area contributed by atoms with Crippen molar-refractivity contribution >= 4 is 40.6 Å². The van der Waals surface area contributed by atoms with Gasteiger partial charge in [0.05, 0.1) is 22.8 Å². The van der Waals surface area contributed by atoms with Crippen molar-refractivity contribution in [1.29, 1.82) is 0 Å². The second-order valence-corrected chi connectivity index (χ2v) is 9.14. The summed E-state index contributed by atoms with van der Waals surface area (Å²) < 4.78 is 11.8. The van der Waals surface area contributed by atoms with Crippen LogP contribution in [0.2, 0.25) is 0 Å². The maximum absolute atomic E-state index is 12.8. The standard InChI is InChI=1S/C28H26N2O5S/c1-4-34-24-15-20(9-14-23(24)35-17-19-7-5-18(2)6-8-19)16-25-26(31)30(3)28(36-25)29-22-12-10-21(11-13-22)27(32)33/h5-16H,4,17H2,1-3H3,(H,32,33). The lowest BCUT2D eigenvalue weighted by Gasteiger charge is -2.13. The van der Waals surface area contributed by atoms with Crippen LogP contribution in [0.3, 0.4) is 0 Å². The lowest BCUT2D eigenvalue weighted by atomic mass is 10.1. The number of aromatic carboxylic acids is 1. The Morgan fingerprint density at radius 3 is 2.42 bits per heavy atom. The second kappa shape index (κ2) is 11.1. The van der Waals surface area contributed by atoms with Gasteiger partial charge in [0.1, 0.15) is 6.61 Å². The summed E-state index contributed by atoms with van der Waals surface area (Å²) in [6, 6.07) is 19.9. The zero-order chi connectivity index (χ0) is 25.7. The number of carbonyl (C=O) groups is 2. The molecule has 1 amide bonds. The number of hydrogen-bond acceptors (Lipinski definition) is 6. The van der Waals surface area contributed by atoms with Crippen LogP contribution in [0.1, 0.15) is 34.0 Å². The molecule has 3 aromatic carbocycles. The van der Waals surface area contributed by atoms with E-state index in [0.29, 0.717) is 40.5 Å². The van der Waals surface area contributed by atoms with E-state index in [4.69, 9.17) is 14.6 Å². The number of likely N-dealkylation sites (N-methyl/N-ethyl adjacent to an activating group) is 1. The number of carboxylic acid groups (broad SMARTS) is 1. The molecule has 1 aliphatic heterocycles. The quantitative estimate of drug-likeness (QED) is 0.386. The number of hydrogen-bond donors (Lipinski definition) is 1. The van der Waals surface area contributed by atoms with Gasteiger partial charge in [-0.15, -0.1) is 0 Å². The molecular formula is C28H26N2O5S. The van der Waals surface area contributed by atoms with Crippen LogP contribution in [-0.4, -0.2) is 40.7 Å². The van der Waals surface area contributed by atoms with Crippen molar-refractivity contribution in [3.63, 3.8) is 0 Å². The predicted molar refractivity (Wildman–Crippen MR) is 142 cm³/mol. The fraction of sp³-hybridized carbons (Fsp3) is 0.179. The summed E-state index contributed by atoms with van der Waals surface area (Å²) in [6.07, 6.45) is 1.80. The molecule has 0 bridgehead atoms. The minimum Gasteiger partial charge on any atom is -0.490 e. The fourth-order valence-corrected chi connectivity index (χ4v) is 4.43. The normalized spacial score (nSPS) is 15.5. The number of carbonyl (C=O) groups excluding carboxylic acids is 1. The van der Waals surface area contributed by atoms with E-state index in [0.717, 1.165) is 11.1 Å². The molecule has 0 aromatic heterocycles. The molecular weight excluding hydrogens is 476 g/mol. The van der Waals surface area contributed by atoms with Crippen LogP contribution in [0, 0.1) is 6.92 Å². The zero-order valence-electron chi connectivity index (χ0n) is 20.2. The number of rotatable bonds is 8. The van der Waals surface area contributed by atoms with Crippen molar-refractivity contribution in [3.8, 4) is 11.5 Å². The summed E-state index contributed by atoms with van der Waals surface area (Å²) in [5, 5.41) is 9.57. The molecule has 8 heteroatoms. The van der Waals surface area contributed by atoms with Crippen LogP contribution in [0.15, 0.2) is 76.6 Å². The molecule has 1 saturated heterocycles. The number of aliphatic imine (C=N–C) groups is 1. The maximum atomic E-state index is 12.8. The second-order valence-electron chi connectivity index (χ2n) is 8.13. The van der Waals surface area contributed by atoms with Crippen molar-refractivity contribution in [2.24, 2.45) is 4.99 Å². The highest BCUT2D eigenvalue weighted by atomic mass is 32.2. The molecule has 1 heterocycles. The molecule has 0 saturated carbocycles. The summed E-state index contributed by atoms with van der Waals surface area (Å²) in [5.74, 6) is 0.0721. The van der Waals surface area contributed by atoms with Crippen molar-refractivity contribution in [2.45, 2.75) is 20.5 Å². The summed E-state index contributed by atoms with van der Waals surface area (Å²) in [6.45, 7) is 4.86. The summed E-state index contributed by atoms with van der Waals surface area (Å²) in [4.78, 5) is 30.4. The van der Waals surface area contributed by atoms with Gasteiger partial charge in [-0.1, -0.05) is 35.9 Å². The van der Waals surface area contributed by atoms with Crippen molar-refractivity contribution in [2.75, 3.05) is 13.7 Å². The SMILES string of the molecule is CCOc1cc(C=C2SC(=Nc3ccc(C(=O)O)cc3)N(C)C2=O)ccc1OCc1ccc(C)cc1. The maximum Gasteiger partial charge on any atom is 0.335 e. The van der Waals surface area contributed by atoms with Gasteiger partial charge >= 0.3 is 5.97 Å². The van der Waals surface area contributed by atoms with Crippen LogP contribution >= 0.6 is 11.8 Å². The molecule has 3 aromatic rings. The Kier molecular flexibility index (Phi) is 7.75. The van der Waals surface area contributed by atoms with E-state index in [2.05, 4.69) is 4.99 Å². The first-order valence-corrected chi connectivity index (χ1v) is 12.2. The number of thioether (sulfide) groups is 1. The highest BCUT2D eigenvalue weighted by Crippen LogP contribution is 2.35. The average molecular weight is 503 g/mol. The molecule has 0 atom stereocenters. The largest absolute Gasteiger partial charge is 0.490 e. The van der Waals surface area contributed by atoms with E-state index in [9.17, 15) is 9.59 Å². The first-order chi connectivity index (χ1) is 17.3. The molecule has 184 valence electrons. The molecule has 7 nitrogen and oxygen atoms in total. The Bertz CT molecular complexity index is 1330. The van der Waals surface area contributed by atoms with Gasteiger partial charge < -0.3 is 14.6 Å². The number of ether oxygens (including phenoxy) is 2. The number of aryl methyl sites for hydroxylation is 1. The molecule has 1 N–H and O–H groups in total. The summed E-state index contributed by atoms with van der Waals surface area (Å²) >= 11 is 1.26. The van der Waals surface area contributed by atoms with Gasteiger partial charge in [0, 0.05) is 7.05 Å². The van der Waals surface area contributed by atoms with E-state index in [-0.39, 0.29) is 11.5 Å². The smallest absolute Gasteiger partial charge is 0.335 e. The third-order valence-electron chi connectivity index (χ3n) is 5.42. The van der Waals surface area contributed by atoms with E-state index >= 15 is 0 Å². The van der Waals surface area contributed by atoms with Crippen LogP contribution in [0.5, 0.6) is 11.5 Å². The topological polar surface area (TPSA) is 88.4 Å². The van der Waals surface area contributed by atoms with Crippen LogP contribution in [0.25, 0.3) is 6.08 Å². The highest BCUT2D eigenvalue weighted by molar-refractivity contribution is 8.18. The summed E-state index contributed by atoms with van der Waals surface area (Å²) in [5.41, 5.74) is 3.81. The highest BCUT2D eigenvalue weighted by Gasteiger charge is 2.30. The van der Waals surface area contributed by atoms with E-state index in [1.54, 1.807) is 25.3 Å². The van der Waals surface area contributed by atoms with Gasteiger partial charge in [-0.25, -0.2) is 9.79 Å². The number of amides is 1. The van der Waals surface area contributed by atoms with Crippen LogP contribution < -0.4 is 9.47 Å². The molecule has 36 heavy (non-hydrogen) atoms. The van der Waals surface area contributed by atoms with Crippen molar-refractivity contribution in [1.82, 2.24) is 4.90 Å². The van der Waals surface area contributed by atoms with Gasteiger partial charge in [0.2, 0.25) is 0 Å². The zero-order valence-corrected chi connectivity index (χ0v) is 21.0. The average Bonchev–Trinajstić information content (AvgIpc) is 3.12. The predicted octanol–water partition coefficient (Wildman–Crippen LogP) is 5.90. The van der Waals surface area contributed by atoms with Gasteiger partial charge in [0.15, 0.2) is 16.7 Å². The first kappa shape index (κ1) is 25.1. The molecule has 0 radical (unpaired) electrons. The molecule has 4 rings (SSSR count). The minimum atomic E-state index is -1.00. The number of benzene rings is 3. The van der Waals surface area contributed by atoms with Crippen molar-refractivity contribution in [3.05, 3.63) is 93.9 Å². The van der Waals surface area contributed by atoms with Gasteiger partial charge in [-0.2, -0.15) is 0 Å². The number of carboxylic acids is 1. The molecule has 0 aliphatic carbocycles. The molecule has 0 unspecified atom stereocenters. The third kappa shape index (κ3) is 5.95. The Labute approximate surface area is 214 Å². The van der Waals surface area contributed by atoms with Crippen LogP contribution in [-0.2, 0) is 11.4 Å². The lowest BCUT2D eigenvalue weighted by Crippen LogP contribution is -2.23. The lowest BCUT2D eigenvalue weighted by molar-refractivity contribution is -0.121. The minimum absolute atomic E-state index is 0.168. The number of amidine groups is 1. The van der Waals surface area contributed by atoms with Gasteiger partial charge in [-0.3, -0.25) is 9.69 Å². The Morgan fingerprint density at radius 2 is 1.75 bits per heavy atom. The summed E-state index contributed by atoms with van der Waals surface area (Å²) in [7, 11) is 1.66. The molecule has 1 aliphatic rings. The van der Waals surface area contributed by atoms with E-state index in [1.165, 1.54) is 34.4 Å². The van der Waals surface area contributed by atoms with E-state index < -0.39 is 5.97 Å². The number of nitrogens with zero attached hydrogens (tertiary/aromatic N) is 2. The Hall–Kier alpha value is -4.04. The van der Waals surface area contributed by atoms with Crippen LogP contribution in [0.4, 0.5) is 5.69 Å².